The number of ether oxygens (including phenoxy) is 1. The van der Waals surface area contributed by atoms with Gasteiger partial charge in [0.25, 0.3) is 0 Å². The van der Waals surface area contributed by atoms with E-state index in [1.807, 2.05) is 0 Å². The van der Waals surface area contributed by atoms with Gasteiger partial charge in [-0.3, -0.25) is 0 Å². The summed E-state index contributed by atoms with van der Waals surface area (Å²) in [5.74, 6) is 0. The number of rotatable bonds is 3. The Morgan fingerprint density at radius 2 is 1.42 bits per heavy atom. The molecule has 0 atom stereocenters. The van der Waals surface area contributed by atoms with Crippen LogP contribution in [0.3, 0.4) is 0 Å². The molecule has 0 amide bonds. The normalized spacial score (nSPS) is 13.0. The van der Waals surface area contributed by atoms with Crippen molar-refractivity contribution in [3.63, 3.8) is 0 Å². The van der Waals surface area contributed by atoms with E-state index in [1.165, 1.54) is 0 Å². The Morgan fingerprint density at radius 3 is 1.79 bits per heavy atom. The molecule has 0 unspecified atom stereocenters. The van der Waals surface area contributed by atoms with Gasteiger partial charge in [0.05, 0.1) is 24.0 Å². The lowest BCUT2D eigenvalue weighted by atomic mass is 10.0. The van der Waals surface area contributed by atoms with Crippen LogP contribution in [0.25, 0.3) is 6.08 Å². The molecule has 0 aliphatic heterocycles. The fourth-order valence-electron chi connectivity index (χ4n) is 1.30. The Hall–Kier alpha value is -1.66. The van der Waals surface area contributed by atoms with Gasteiger partial charge in [0, 0.05) is 0 Å². The number of hydrogen-bond acceptors (Lipinski definition) is 1. The molecule has 1 nitrogen and oxygen atoms in total. The van der Waals surface area contributed by atoms with E-state index in [9.17, 15) is 26.3 Å². The molecule has 19 heavy (non-hydrogen) atoms. The molecule has 106 valence electrons. The van der Waals surface area contributed by atoms with Crippen LogP contribution in [0.5, 0.6) is 0 Å². The first-order valence-electron chi connectivity index (χ1n) is 5.22. The molecule has 0 radical (unpaired) electrons. The summed E-state index contributed by atoms with van der Waals surface area (Å²) in [5, 5.41) is 0. The van der Waals surface area contributed by atoms with Crippen molar-refractivity contribution in [2.45, 2.75) is 19.3 Å². The summed E-state index contributed by atoms with van der Waals surface area (Å²) in [6.07, 6.45) is -7.57. The topological polar surface area (TPSA) is 9.23 Å². The smallest absolute Gasteiger partial charge is 0.416 e. The Bertz CT molecular complexity index is 426. The maximum absolute atomic E-state index is 12.5. The van der Waals surface area contributed by atoms with Gasteiger partial charge in [-0.2, -0.15) is 26.3 Å². The van der Waals surface area contributed by atoms with Gasteiger partial charge in [-0.05, 0) is 36.8 Å². The minimum absolute atomic E-state index is 0.0814. The molecular weight excluding hydrogens is 274 g/mol. The standard InChI is InChI=1S/C12H10F6O/c1-2-19-4-3-8-5-9(11(13,14)15)7-10(6-8)12(16,17)18/h3-7H,2H2,1H3. The van der Waals surface area contributed by atoms with E-state index in [0.29, 0.717) is 12.1 Å². The highest BCUT2D eigenvalue weighted by Gasteiger charge is 2.36. The Kier molecular flexibility index (Phi) is 4.49. The third-order valence-electron chi connectivity index (χ3n) is 2.13. The second kappa shape index (κ2) is 5.54. The lowest BCUT2D eigenvalue weighted by Gasteiger charge is -2.12. The zero-order chi connectivity index (χ0) is 14.7. The third-order valence-corrected chi connectivity index (χ3v) is 2.13. The van der Waals surface area contributed by atoms with Gasteiger partial charge in [0.1, 0.15) is 0 Å². The molecule has 1 aromatic carbocycles. The van der Waals surface area contributed by atoms with Crippen molar-refractivity contribution in [1.82, 2.24) is 0 Å². The maximum atomic E-state index is 12.5. The van der Waals surface area contributed by atoms with Crippen molar-refractivity contribution in [3.05, 3.63) is 41.2 Å². The average molecular weight is 284 g/mol. The first-order chi connectivity index (χ1) is 8.64. The summed E-state index contributed by atoms with van der Waals surface area (Å²) in [6, 6.07) is 1.34. The van der Waals surface area contributed by atoms with Gasteiger partial charge in [-0.15, -0.1) is 0 Å². The van der Waals surface area contributed by atoms with Crippen LogP contribution in [0, 0.1) is 0 Å². The Morgan fingerprint density at radius 1 is 0.947 bits per heavy atom. The molecule has 0 fully saturated rings. The van der Waals surface area contributed by atoms with Crippen molar-refractivity contribution in [2.24, 2.45) is 0 Å². The Balaban J connectivity index is 3.25. The molecule has 0 heterocycles. The van der Waals surface area contributed by atoms with Crippen LogP contribution in [-0.4, -0.2) is 6.61 Å². The van der Waals surface area contributed by atoms with Crippen LogP contribution in [-0.2, 0) is 17.1 Å². The lowest BCUT2D eigenvalue weighted by molar-refractivity contribution is -0.143. The van der Waals surface area contributed by atoms with E-state index >= 15 is 0 Å². The fraction of sp³-hybridized carbons (Fsp3) is 0.333. The molecule has 0 N–H and O–H groups in total. The first-order valence-corrected chi connectivity index (χ1v) is 5.22. The molecule has 0 bridgehead atoms. The van der Waals surface area contributed by atoms with Crippen molar-refractivity contribution < 1.29 is 31.1 Å². The number of benzene rings is 1. The summed E-state index contributed by atoms with van der Waals surface area (Å²) in [4.78, 5) is 0. The summed E-state index contributed by atoms with van der Waals surface area (Å²) < 4.78 is 79.8. The van der Waals surface area contributed by atoms with Crippen LogP contribution in [0.2, 0.25) is 0 Å². The van der Waals surface area contributed by atoms with Crippen LogP contribution in [0.15, 0.2) is 24.5 Å². The van der Waals surface area contributed by atoms with Crippen LogP contribution in [0.1, 0.15) is 23.6 Å². The largest absolute Gasteiger partial charge is 0.501 e. The van der Waals surface area contributed by atoms with E-state index in [1.54, 1.807) is 6.92 Å². The van der Waals surface area contributed by atoms with Crippen LogP contribution < -0.4 is 0 Å². The van der Waals surface area contributed by atoms with E-state index in [4.69, 9.17) is 4.74 Å². The average Bonchev–Trinajstić information content (AvgIpc) is 2.27. The zero-order valence-corrected chi connectivity index (χ0v) is 9.77. The van der Waals surface area contributed by atoms with E-state index < -0.39 is 23.5 Å². The summed E-state index contributed by atoms with van der Waals surface area (Å²) >= 11 is 0. The molecule has 1 rings (SSSR count). The molecule has 7 heteroatoms. The quantitative estimate of drug-likeness (QED) is 0.576. The summed E-state index contributed by atoms with van der Waals surface area (Å²) in [7, 11) is 0. The van der Waals surface area contributed by atoms with Crippen LogP contribution >= 0.6 is 0 Å². The SMILES string of the molecule is CCOC=Cc1cc(C(F)(F)F)cc(C(F)(F)F)c1. The summed E-state index contributed by atoms with van der Waals surface area (Å²) in [6.45, 7) is 1.90. The molecular formula is C12H10F6O. The van der Waals surface area contributed by atoms with Gasteiger partial charge in [0.2, 0.25) is 0 Å². The highest BCUT2D eigenvalue weighted by Crippen LogP contribution is 2.36. The molecule has 0 saturated carbocycles. The molecule has 0 aliphatic carbocycles. The van der Waals surface area contributed by atoms with E-state index in [0.717, 1.165) is 12.3 Å². The number of alkyl halides is 6. The van der Waals surface area contributed by atoms with Gasteiger partial charge < -0.3 is 4.74 Å². The van der Waals surface area contributed by atoms with Crippen molar-refractivity contribution >= 4 is 6.08 Å². The van der Waals surface area contributed by atoms with E-state index in [-0.39, 0.29) is 18.2 Å². The minimum atomic E-state index is -4.84. The van der Waals surface area contributed by atoms with E-state index in [2.05, 4.69) is 0 Å². The fourth-order valence-corrected chi connectivity index (χ4v) is 1.30. The highest BCUT2D eigenvalue weighted by atomic mass is 19.4. The first kappa shape index (κ1) is 15.4. The zero-order valence-electron chi connectivity index (χ0n) is 9.77. The number of hydrogen-bond donors (Lipinski definition) is 0. The molecule has 0 saturated heterocycles. The molecule has 0 spiro atoms. The molecule has 1 aromatic rings. The minimum Gasteiger partial charge on any atom is -0.501 e. The molecule has 0 aromatic heterocycles. The second-order valence-electron chi connectivity index (χ2n) is 3.60. The van der Waals surface area contributed by atoms with Crippen molar-refractivity contribution in [1.29, 1.82) is 0 Å². The predicted octanol–water partition coefficient (Wildman–Crippen LogP) is 4.73. The van der Waals surface area contributed by atoms with Gasteiger partial charge in [-0.1, -0.05) is 0 Å². The Labute approximate surface area is 105 Å². The van der Waals surface area contributed by atoms with Crippen molar-refractivity contribution in [3.8, 4) is 0 Å². The van der Waals surface area contributed by atoms with Gasteiger partial charge >= 0.3 is 12.4 Å². The molecule has 0 aliphatic rings. The lowest BCUT2D eigenvalue weighted by Crippen LogP contribution is -2.11. The third kappa shape index (κ3) is 4.50. The highest BCUT2D eigenvalue weighted by molar-refractivity contribution is 5.52. The van der Waals surface area contributed by atoms with Crippen LogP contribution in [0.4, 0.5) is 26.3 Å². The second-order valence-corrected chi connectivity index (χ2v) is 3.60. The predicted molar refractivity (Wildman–Crippen MR) is 57.1 cm³/mol. The number of halogens is 6. The van der Waals surface area contributed by atoms with Gasteiger partial charge in [-0.25, -0.2) is 0 Å². The maximum Gasteiger partial charge on any atom is 0.416 e. The van der Waals surface area contributed by atoms with Crippen molar-refractivity contribution in [2.75, 3.05) is 6.61 Å². The monoisotopic (exact) mass is 284 g/mol. The van der Waals surface area contributed by atoms with Gasteiger partial charge in [0.15, 0.2) is 0 Å². The summed E-state index contributed by atoms with van der Waals surface area (Å²) in [5.41, 5.74) is -2.92.